The first-order chi connectivity index (χ1) is 24.8. The van der Waals surface area contributed by atoms with Gasteiger partial charge in [0.1, 0.15) is 16.7 Å². The van der Waals surface area contributed by atoms with Gasteiger partial charge in [-0.2, -0.15) is 0 Å². The van der Waals surface area contributed by atoms with Crippen molar-refractivity contribution in [1.82, 2.24) is 4.57 Å². The lowest BCUT2D eigenvalue weighted by molar-refractivity contribution is 0.669. The van der Waals surface area contributed by atoms with Crippen LogP contribution in [0.25, 0.3) is 82.1 Å². The van der Waals surface area contributed by atoms with E-state index in [4.69, 9.17) is 8.83 Å². The fourth-order valence-electron chi connectivity index (χ4n) is 7.99. The molecular weight excluding hydrogens is 613 g/mol. The van der Waals surface area contributed by atoms with Crippen molar-refractivity contribution in [3.05, 3.63) is 170 Å². The van der Waals surface area contributed by atoms with Crippen LogP contribution >= 0.6 is 0 Å². The summed E-state index contributed by atoms with van der Waals surface area (Å²) in [6.07, 6.45) is 0. The predicted molar refractivity (Wildman–Crippen MR) is 208 cm³/mol. The number of hydrogen-bond acceptors (Lipinski definition) is 3. The number of anilines is 3. The SMILES string of the molecule is c1ccc(-n2c3ccccc3c3ccc(N(c4cccc5c4ccc4c6ccccc6oc54)c4cccc5c4oc4ccccc45)cc32)cc1. The van der Waals surface area contributed by atoms with Crippen LogP contribution in [-0.2, 0) is 0 Å². The minimum Gasteiger partial charge on any atom is -0.455 e. The molecule has 11 rings (SSSR count). The quantitative estimate of drug-likeness (QED) is 0.192. The molecule has 0 spiro atoms. The van der Waals surface area contributed by atoms with Gasteiger partial charge in [-0.15, -0.1) is 0 Å². The van der Waals surface area contributed by atoms with Gasteiger partial charge in [0, 0.05) is 54.5 Å². The maximum absolute atomic E-state index is 6.69. The number of rotatable bonds is 4. The number of furan rings is 2. The van der Waals surface area contributed by atoms with Crippen molar-refractivity contribution in [2.75, 3.05) is 4.90 Å². The van der Waals surface area contributed by atoms with Gasteiger partial charge >= 0.3 is 0 Å². The van der Waals surface area contributed by atoms with Crippen LogP contribution in [0.2, 0.25) is 0 Å². The third-order valence-corrected chi connectivity index (χ3v) is 10.2. The molecule has 11 aromatic rings. The van der Waals surface area contributed by atoms with Gasteiger partial charge in [-0.1, -0.05) is 109 Å². The monoisotopic (exact) mass is 640 g/mol. The molecule has 0 aliphatic carbocycles. The molecule has 4 heteroatoms. The summed E-state index contributed by atoms with van der Waals surface area (Å²) in [5, 5.41) is 9.02. The van der Waals surface area contributed by atoms with E-state index >= 15 is 0 Å². The van der Waals surface area contributed by atoms with Crippen molar-refractivity contribution in [2.45, 2.75) is 0 Å². The smallest absolute Gasteiger partial charge is 0.159 e. The highest BCUT2D eigenvalue weighted by Crippen LogP contribution is 2.47. The fraction of sp³-hybridized carbons (Fsp3) is 0. The van der Waals surface area contributed by atoms with Gasteiger partial charge in [0.25, 0.3) is 0 Å². The Labute approximate surface area is 286 Å². The third kappa shape index (κ3) is 3.81. The molecule has 0 saturated carbocycles. The Kier molecular flexibility index (Phi) is 5.63. The molecule has 50 heavy (non-hydrogen) atoms. The number of aromatic nitrogens is 1. The topological polar surface area (TPSA) is 34.5 Å². The minimum atomic E-state index is 0.846. The van der Waals surface area contributed by atoms with E-state index in [1.165, 1.54) is 16.3 Å². The van der Waals surface area contributed by atoms with Gasteiger partial charge in [-0.3, -0.25) is 0 Å². The first kappa shape index (κ1) is 27.2. The minimum absolute atomic E-state index is 0.846. The Balaban J connectivity index is 1.25. The summed E-state index contributed by atoms with van der Waals surface area (Å²) in [6.45, 7) is 0. The zero-order valence-electron chi connectivity index (χ0n) is 26.9. The van der Waals surface area contributed by atoms with E-state index in [-0.39, 0.29) is 0 Å². The van der Waals surface area contributed by atoms with Gasteiger partial charge in [0.2, 0.25) is 0 Å². The van der Waals surface area contributed by atoms with Crippen LogP contribution in [-0.4, -0.2) is 4.57 Å². The van der Waals surface area contributed by atoms with Gasteiger partial charge in [0.05, 0.1) is 22.4 Å². The second-order valence-corrected chi connectivity index (χ2v) is 12.9. The van der Waals surface area contributed by atoms with Gasteiger partial charge in [-0.05, 0) is 60.7 Å². The van der Waals surface area contributed by atoms with E-state index in [1.54, 1.807) is 0 Å². The van der Waals surface area contributed by atoms with Crippen molar-refractivity contribution in [1.29, 1.82) is 0 Å². The summed E-state index contributed by atoms with van der Waals surface area (Å²) in [7, 11) is 0. The van der Waals surface area contributed by atoms with E-state index in [0.29, 0.717) is 0 Å². The molecule has 0 saturated heterocycles. The number of benzene rings is 8. The second kappa shape index (κ2) is 10.4. The fourth-order valence-corrected chi connectivity index (χ4v) is 7.99. The normalized spacial score (nSPS) is 12.0. The van der Waals surface area contributed by atoms with Gasteiger partial charge in [-0.25, -0.2) is 0 Å². The van der Waals surface area contributed by atoms with Crippen LogP contribution < -0.4 is 4.90 Å². The lowest BCUT2D eigenvalue weighted by Crippen LogP contribution is -2.11. The highest BCUT2D eigenvalue weighted by molar-refractivity contribution is 6.19. The van der Waals surface area contributed by atoms with Crippen molar-refractivity contribution >= 4 is 93.5 Å². The summed E-state index contributed by atoms with van der Waals surface area (Å²) >= 11 is 0. The van der Waals surface area contributed by atoms with Crippen LogP contribution in [0.3, 0.4) is 0 Å². The predicted octanol–water partition coefficient (Wildman–Crippen LogP) is 13.2. The maximum Gasteiger partial charge on any atom is 0.159 e. The average Bonchev–Trinajstić information content (AvgIpc) is 3.85. The molecule has 0 N–H and O–H groups in total. The number of fused-ring (bicyclic) bond motifs is 11. The zero-order valence-corrected chi connectivity index (χ0v) is 26.9. The molecule has 0 fully saturated rings. The van der Waals surface area contributed by atoms with Crippen molar-refractivity contribution in [2.24, 2.45) is 0 Å². The Morgan fingerprint density at radius 2 is 0.900 bits per heavy atom. The van der Waals surface area contributed by atoms with E-state index in [0.717, 1.165) is 82.9 Å². The standard InChI is InChI=1S/C46H28N2O2/c1-2-12-29(13-3-1)47-39-19-7-4-14-31(39)32-25-24-30(28-42(32)47)48(41-21-11-18-37-34-15-5-9-23-44(34)50-46(37)41)40-20-10-17-36-33(40)26-27-38-35-16-6-8-22-43(35)49-45(36)38/h1-28H. The first-order valence-corrected chi connectivity index (χ1v) is 16.9. The molecule has 0 unspecified atom stereocenters. The van der Waals surface area contributed by atoms with Gasteiger partial charge in [0.15, 0.2) is 5.58 Å². The Morgan fingerprint density at radius 3 is 1.68 bits per heavy atom. The van der Waals surface area contributed by atoms with Crippen molar-refractivity contribution < 1.29 is 8.83 Å². The number of para-hydroxylation sites is 5. The molecular formula is C46H28N2O2. The Bertz CT molecular complexity index is 3110. The van der Waals surface area contributed by atoms with Gasteiger partial charge < -0.3 is 18.3 Å². The number of nitrogens with zero attached hydrogens (tertiary/aromatic N) is 2. The molecule has 0 atom stereocenters. The summed E-state index contributed by atoms with van der Waals surface area (Å²) in [6, 6.07) is 60.0. The van der Waals surface area contributed by atoms with E-state index in [9.17, 15) is 0 Å². The van der Waals surface area contributed by atoms with Crippen LogP contribution in [0, 0.1) is 0 Å². The zero-order chi connectivity index (χ0) is 32.8. The lowest BCUT2D eigenvalue weighted by Gasteiger charge is -2.27. The molecule has 3 aromatic heterocycles. The summed E-state index contributed by atoms with van der Waals surface area (Å²) in [5.74, 6) is 0. The highest BCUT2D eigenvalue weighted by atomic mass is 16.3. The first-order valence-electron chi connectivity index (χ1n) is 16.9. The third-order valence-electron chi connectivity index (χ3n) is 10.2. The second-order valence-electron chi connectivity index (χ2n) is 12.9. The maximum atomic E-state index is 6.69. The summed E-state index contributed by atoms with van der Waals surface area (Å²) < 4.78 is 15.6. The van der Waals surface area contributed by atoms with Crippen LogP contribution in [0.4, 0.5) is 17.1 Å². The average molecular weight is 641 g/mol. The molecule has 0 bridgehead atoms. The molecule has 4 nitrogen and oxygen atoms in total. The van der Waals surface area contributed by atoms with E-state index < -0.39 is 0 Å². The largest absolute Gasteiger partial charge is 0.455 e. The van der Waals surface area contributed by atoms with Crippen molar-refractivity contribution in [3.63, 3.8) is 0 Å². The van der Waals surface area contributed by atoms with Crippen molar-refractivity contribution in [3.8, 4) is 5.69 Å². The van der Waals surface area contributed by atoms with Crippen LogP contribution in [0.5, 0.6) is 0 Å². The molecule has 0 aliphatic heterocycles. The summed E-state index contributed by atoms with van der Waals surface area (Å²) in [5.41, 5.74) is 9.98. The van der Waals surface area contributed by atoms with Crippen LogP contribution in [0.1, 0.15) is 0 Å². The Hall–Kier alpha value is -6.78. The van der Waals surface area contributed by atoms with Crippen LogP contribution in [0.15, 0.2) is 179 Å². The molecule has 8 aromatic carbocycles. The summed E-state index contributed by atoms with van der Waals surface area (Å²) in [4.78, 5) is 2.36. The molecule has 0 aliphatic rings. The number of hydrogen-bond donors (Lipinski definition) is 0. The molecule has 234 valence electrons. The highest BCUT2D eigenvalue weighted by Gasteiger charge is 2.23. The van der Waals surface area contributed by atoms with E-state index in [2.05, 4.69) is 155 Å². The molecule has 0 amide bonds. The molecule has 3 heterocycles. The van der Waals surface area contributed by atoms with E-state index in [1.807, 2.05) is 24.3 Å². The molecule has 0 radical (unpaired) electrons. The Morgan fingerprint density at radius 1 is 0.360 bits per heavy atom. The lowest BCUT2D eigenvalue weighted by atomic mass is 10.0.